The Balaban J connectivity index is 1.77. The number of allylic oxidation sites excluding steroid dienone is 1. The number of hydrogen-bond donors (Lipinski definition) is 2. The number of hydrazone groups is 1. The van der Waals surface area contributed by atoms with E-state index >= 15 is 0 Å². The molecule has 0 saturated heterocycles. The molecule has 128 valence electrons. The van der Waals surface area contributed by atoms with Crippen LogP contribution in [0.4, 0.5) is 4.39 Å². The lowest BCUT2D eigenvalue weighted by molar-refractivity contribution is -0.120. The SMILES string of the molecule is CC(=C/c1ccccc1)/C=N/NC(=O)CNC(=O)c1ccc(F)cc1. The lowest BCUT2D eigenvalue weighted by atomic mass is 10.1. The van der Waals surface area contributed by atoms with Gasteiger partial charge in [-0.2, -0.15) is 5.10 Å². The molecule has 0 aliphatic rings. The second-order valence-corrected chi connectivity index (χ2v) is 5.28. The van der Waals surface area contributed by atoms with Crippen molar-refractivity contribution >= 4 is 24.1 Å². The number of hydrogen-bond acceptors (Lipinski definition) is 3. The summed E-state index contributed by atoms with van der Waals surface area (Å²) in [5, 5.41) is 6.27. The molecular weight excluding hydrogens is 321 g/mol. The molecule has 2 aromatic carbocycles. The van der Waals surface area contributed by atoms with Gasteiger partial charge in [0.15, 0.2) is 0 Å². The number of nitrogens with zero attached hydrogens (tertiary/aromatic N) is 1. The van der Waals surface area contributed by atoms with Crippen LogP contribution in [0.5, 0.6) is 0 Å². The summed E-state index contributed by atoms with van der Waals surface area (Å²) in [5.41, 5.74) is 4.50. The normalized spacial score (nSPS) is 11.4. The molecule has 25 heavy (non-hydrogen) atoms. The fourth-order valence-electron chi connectivity index (χ4n) is 1.96. The number of nitrogens with one attached hydrogen (secondary N) is 2. The average molecular weight is 339 g/mol. The summed E-state index contributed by atoms with van der Waals surface area (Å²) in [6.07, 6.45) is 3.44. The molecule has 0 aliphatic carbocycles. The maximum atomic E-state index is 12.8. The van der Waals surface area contributed by atoms with Gasteiger partial charge in [0.2, 0.25) is 0 Å². The zero-order chi connectivity index (χ0) is 18.1. The zero-order valence-corrected chi connectivity index (χ0v) is 13.7. The number of halogens is 1. The molecule has 6 heteroatoms. The number of amides is 2. The number of carbonyl (C=O) groups is 2. The molecule has 0 fully saturated rings. The van der Waals surface area contributed by atoms with Crippen molar-refractivity contribution in [2.24, 2.45) is 5.10 Å². The maximum Gasteiger partial charge on any atom is 0.259 e. The van der Waals surface area contributed by atoms with Crippen LogP contribution in [0.2, 0.25) is 0 Å². The van der Waals surface area contributed by atoms with Crippen LogP contribution in [0, 0.1) is 5.82 Å². The Labute approximate surface area is 145 Å². The molecule has 2 rings (SSSR count). The largest absolute Gasteiger partial charge is 0.343 e. The third-order valence-corrected chi connectivity index (χ3v) is 3.17. The Hall–Kier alpha value is -3.28. The third-order valence-electron chi connectivity index (χ3n) is 3.17. The second-order valence-electron chi connectivity index (χ2n) is 5.28. The van der Waals surface area contributed by atoms with Crippen molar-refractivity contribution in [1.29, 1.82) is 0 Å². The Morgan fingerprint density at radius 2 is 1.76 bits per heavy atom. The second kappa shape index (κ2) is 9.12. The summed E-state index contributed by atoms with van der Waals surface area (Å²) in [7, 11) is 0. The molecule has 0 saturated carbocycles. The molecule has 0 unspecified atom stereocenters. The first-order valence-electron chi connectivity index (χ1n) is 7.63. The van der Waals surface area contributed by atoms with E-state index in [1.54, 1.807) is 0 Å². The van der Waals surface area contributed by atoms with Crippen LogP contribution in [-0.4, -0.2) is 24.6 Å². The van der Waals surface area contributed by atoms with Crippen LogP contribution < -0.4 is 10.7 Å². The molecule has 0 aliphatic heterocycles. The molecule has 0 spiro atoms. The molecule has 2 aromatic rings. The average Bonchev–Trinajstić information content (AvgIpc) is 2.61. The monoisotopic (exact) mass is 339 g/mol. The van der Waals surface area contributed by atoms with E-state index < -0.39 is 17.6 Å². The molecule has 0 heterocycles. The van der Waals surface area contributed by atoms with Crippen LogP contribution >= 0.6 is 0 Å². The van der Waals surface area contributed by atoms with Gasteiger partial charge in [0, 0.05) is 5.56 Å². The van der Waals surface area contributed by atoms with Crippen molar-refractivity contribution in [3.8, 4) is 0 Å². The van der Waals surface area contributed by atoms with Gasteiger partial charge in [-0.1, -0.05) is 36.4 Å². The predicted molar refractivity (Wildman–Crippen MR) is 95.5 cm³/mol. The molecule has 0 radical (unpaired) electrons. The van der Waals surface area contributed by atoms with Crippen molar-refractivity contribution in [2.75, 3.05) is 6.54 Å². The number of benzene rings is 2. The van der Waals surface area contributed by atoms with Crippen molar-refractivity contribution in [3.05, 3.63) is 77.1 Å². The summed E-state index contributed by atoms with van der Waals surface area (Å²) >= 11 is 0. The van der Waals surface area contributed by atoms with E-state index in [1.165, 1.54) is 30.5 Å². The molecular formula is C19H18FN3O2. The first-order valence-corrected chi connectivity index (χ1v) is 7.63. The highest BCUT2D eigenvalue weighted by Gasteiger charge is 2.07. The van der Waals surface area contributed by atoms with E-state index in [0.717, 1.165) is 11.1 Å². The molecule has 2 N–H and O–H groups in total. The van der Waals surface area contributed by atoms with Gasteiger partial charge in [-0.3, -0.25) is 9.59 Å². The standard InChI is InChI=1S/C19H18FN3O2/c1-14(11-15-5-3-2-4-6-15)12-22-23-18(24)13-21-19(25)16-7-9-17(20)10-8-16/h2-12H,13H2,1H3,(H,21,25)(H,23,24)/b14-11-,22-12+. The van der Waals surface area contributed by atoms with E-state index in [9.17, 15) is 14.0 Å². The highest BCUT2D eigenvalue weighted by Crippen LogP contribution is 2.04. The van der Waals surface area contributed by atoms with E-state index in [2.05, 4.69) is 15.8 Å². The zero-order valence-electron chi connectivity index (χ0n) is 13.7. The smallest absolute Gasteiger partial charge is 0.259 e. The van der Waals surface area contributed by atoms with Gasteiger partial charge in [-0.25, -0.2) is 9.82 Å². The molecule has 0 bridgehead atoms. The Kier molecular flexibility index (Phi) is 6.59. The van der Waals surface area contributed by atoms with Gasteiger partial charge in [0.25, 0.3) is 11.8 Å². The highest BCUT2D eigenvalue weighted by molar-refractivity contribution is 5.96. The van der Waals surface area contributed by atoms with Crippen LogP contribution in [0.1, 0.15) is 22.8 Å². The molecule has 0 aromatic heterocycles. The van der Waals surface area contributed by atoms with Gasteiger partial charge in [0.05, 0.1) is 12.8 Å². The lowest BCUT2D eigenvalue weighted by Gasteiger charge is -2.04. The summed E-state index contributed by atoms with van der Waals surface area (Å²) in [5.74, 6) is -1.35. The van der Waals surface area contributed by atoms with Crippen molar-refractivity contribution in [3.63, 3.8) is 0 Å². The fraction of sp³-hybridized carbons (Fsp3) is 0.105. The summed E-state index contributed by atoms with van der Waals surface area (Å²) in [4.78, 5) is 23.4. The third kappa shape index (κ3) is 6.39. The number of carbonyl (C=O) groups excluding carboxylic acids is 2. The van der Waals surface area contributed by atoms with Gasteiger partial charge >= 0.3 is 0 Å². The minimum atomic E-state index is -0.459. The van der Waals surface area contributed by atoms with E-state index in [4.69, 9.17) is 0 Å². The highest BCUT2D eigenvalue weighted by atomic mass is 19.1. The van der Waals surface area contributed by atoms with Gasteiger partial charge in [-0.15, -0.1) is 0 Å². The fourth-order valence-corrected chi connectivity index (χ4v) is 1.96. The molecule has 5 nitrogen and oxygen atoms in total. The van der Waals surface area contributed by atoms with Crippen molar-refractivity contribution in [2.45, 2.75) is 6.92 Å². The molecule has 0 atom stereocenters. The maximum absolute atomic E-state index is 12.8. The van der Waals surface area contributed by atoms with Gasteiger partial charge in [0.1, 0.15) is 5.82 Å². The molecule has 2 amide bonds. The first-order chi connectivity index (χ1) is 12.0. The van der Waals surface area contributed by atoms with E-state index in [-0.39, 0.29) is 12.1 Å². The van der Waals surface area contributed by atoms with Gasteiger partial charge in [-0.05, 0) is 42.3 Å². The summed E-state index contributed by atoms with van der Waals surface area (Å²) in [6.45, 7) is 1.63. The topological polar surface area (TPSA) is 70.6 Å². The Morgan fingerprint density at radius 1 is 1.08 bits per heavy atom. The minimum absolute atomic E-state index is 0.227. The Morgan fingerprint density at radius 3 is 2.44 bits per heavy atom. The first kappa shape index (κ1) is 18.1. The van der Waals surface area contributed by atoms with Crippen LogP contribution in [0.3, 0.4) is 0 Å². The summed E-state index contributed by atoms with van der Waals surface area (Å²) in [6, 6.07) is 14.8. The van der Waals surface area contributed by atoms with Crippen molar-refractivity contribution in [1.82, 2.24) is 10.7 Å². The van der Waals surface area contributed by atoms with E-state index in [1.807, 2.05) is 43.3 Å². The summed E-state index contributed by atoms with van der Waals surface area (Å²) < 4.78 is 12.8. The number of rotatable bonds is 6. The van der Waals surface area contributed by atoms with Crippen LogP contribution in [-0.2, 0) is 4.79 Å². The predicted octanol–water partition coefficient (Wildman–Crippen LogP) is 2.76. The van der Waals surface area contributed by atoms with E-state index in [0.29, 0.717) is 0 Å². The van der Waals surface area contributed by atoms with Gasteiger partial charge < -0.3 is 5.32 Å². The quantitative estimate of drug-likeness (QED) is 0.627. The minimum Gasteiger partial charge on any atom is -0.343 e. The van der Waals surface area contributed by atoms with Crippen LogP contribution in [0.25, 0.3) is 6.08 Å². The Bertz CT molecular complexity index is 784. The van der Waals surface area contributed by atoms with Crippen LogP contribution in [0.15, 0.2) is 65.3 Å². The van der Waals surface area contributed by atoms with Crippen molar-refractivity contribution < 1.29 is 14.0 Å². The lowest BCUT2D eigenvalue weighted by Crippen LogP contribution is -2.34.